The first-order chi connectivity index (χ1) is 9.99. The van der Waals surface area contributed by atoms with Crippen LogP contribution in [0, 0.1) is 13.8 Å². The fourth-order valence-corrected chi connectivity index (χ4v) is 2.75. The van der Waals surface area contributed by atoms with Crippen LogP contribution >= 0.6 is 0 Å². The third-order valence-corrected chi connectivity index (χ3v) is 3.85. The lowest BCUT2D eigenvalue weighted by atomic mass is 10.1. The molecule has 0 radical (unpaired) electrons. The lowest BCUT2D eigenvalue weighted by Crippen LogP contribution is -2.11. The summed E-state index contributed by atoms with van der Waals surface area (Å²) in [7, 11) is 4.09. The molecule has 0 bridgehead atoms. The van der Waals surface area contributed by atoms with E-state index in [0.717, 1.165) is 22.3 Å². The van der Waals surface area contributed by atoms with Crippen molar-refractivity contribution in [2.75, 3.05) is 24.7 Å². The summed E-state index contributed by atoms with van der Waals surface area (Å²) in [5, 5.41) is 0. The Labute approximate surface area is 124 Å². The van der Waals surface area contributed by atoms with E-state index in [1.165, 1.54) is 11.3 Å². The van der Waals surface area contributed by atoms with Crippen LogP contribution in [0.3, 0.4) is 0 Å². The number of fused-ring (bicyclic) bond motifs is 1. The quantitative estimate of drug-likeness (QED) is 0.783. The minimum atomic E-state index is 0.521. The second kappa shape index (κ2) is 4.81. The van der Waals surface area contributed by atoms with Gasteiger partial charge in [0.25, 0.3) is 0 Å². The molecule has 0 aliphatic heterocycles. The Hall–Kier alpha value is -2.49. The highest BCUT2D eigenvalue weighted by atomic mass is 15.2. The normalized spacial score (nSPS) is 11.0. The molecular weight excluding hydrogens is 260 g/mol. The molecule has 21 heavy (non-hydrogen) atoms. The van der Waals surface area contributed by atoms with Crippen molar-refractivity contribution in [2.24, 2.45) is 0 Å². The fraction of sp³-hybridized carbons (Fsp3) is 0.235. The van der Waals surface area contributed by atoms with Gasteiger partial charge < -0.3 is 10.6 Å². The average Bonchev–Trinajstić information content (AvgIpc) is 2.77. The van der Waals surface area contributed by atoms with Crippen molar-refractivity contribution in [3.63, 3.8) is 0 Å². The lowest BCUT2D eigenvalue weighted by Gasteiger charge is -2.17. The molecule has 0 atom stereocenters. The van der Waals surface area contributed by atoms with Crippen molar-refractivity contribution in [2.45, 2.75) is 13.8 Å². The Kier molecular flexibility index (Phi) is 3.09. The van der Waals surface area contributed by atoms with E-state index in [2.05, 4.69) is 54.1 Å². The monoisotopic (exact) mass is 280 g/mol. The Balaban J connectivity index is 2.28. The van der Waals surface area contributed by atoms with Crippen molar-refractivity contribution >= 4 is 22.7 Å². The molecule has 0 aliphatic rings. The van der Waals surface area contributed by atoms with E-state index in [1.54, 1.807) is 0 Å². The molecule has 0 saturated carbocycles. The molecule has 3 rings (SSSR count). The van der Waals surface area contributed by atoms with Crippen molar-refractivity contribution in [3.8, 4) is 5.69 Å². The first kappa shape index (κ1) is 13.5. The van der Waals surface area contributed by atoms with Gasteiger partial charge in [0.1, 0.15) is 0 Å². The number of aromatic nitrogens is 2. The molecule has 2 N–H and O–H groups in total. The van der Waals surface area contributed by atoms with Crippen molar-refractivity contribution < 1.29 is 0 Å². The third-order valence-electron chi connectivity index (χ3n) is 3.85. The molecule has 1 aromatic heterocycles. The highest BCUT2D eigenvalue weighted by molar-refractivity contribution is 5.84. The Morgan fingerprint density at radius 3 is 2.52 bits per heavy atom. The average molecular weight is 280 g/mol. The third kappa shape index (κ3) is 2.13. The number of aryl methyl sites for hydroxylation is 2. The maximum atomic E-state index is 6.16. The van der Waals surface area contributed by atoms with Gasteiger partial charge in [0.15, 0.2) is 0 Å². The summed E-state index contributed by atoms with van der Waals surface area (Å²) in [6.07, 6.45) is 0. The topological polar surface area (TPSA) is 47.1 Å². The van der Waals surface area contributed by atoms with E-state index in [0.29, 0.717) is 5.95 Å². The number of hydrogen-bond acceptors (Lipinski definition) is 3. The van der Waals surface area contributed by atoms with Crippen LogP contribution in [0.5, 0.6) is 0 Å². The number of hydrogen-bond donors (Lipinski definition) is 1. The van der Waals surface area contributed by atoms with Crippen molar-refractivity contribution in [3.05, 3.63) is 47.5 Å². The van der Waals surface area contributed by atoms with Gasteiger partial charge >= 0.3 is 0 Å². The summed E-state index contributed by atoms with van der Waals surface area (Å²) in [4.78, 5) is 6.62. The summed E-state index contributed by atoms with van der Waals surface area (Å²) in [6.45, 7) is 4.16. The van der Waals surface area contributed by atoms with Gasteiger partial charge in [-0.05, 0) is 43.2 Å². The summed E-state index contributed by atoms with van der Waals surface area (Å²) < 4.78 is 2.01. The largest absolute Gasteiger partial charge is 0.377 e. The number of benzene rings is 2. The molecule has 1 heterocycles. The molecule has 4 heteroatoms. The van der Waals surface area contributed by atoms with Crippen LogP contribution in [0.15, 0.2) is 36.4 Å². The lowest BCUT2D eigenvalue weighted by molar-refractivity contribution is 1.08. The van der Waals surface area contributed by atoms with Crippen molar-refractivity contribution in [1.82, 2.24) is 9.55 Å². The van der Waals surface area contributed by atoms with Crippen LogP contribution < -0.4 is 10.6 Å². The first-order valence-corrected chi connectivity index (χ1v) is 7.01. The van der Waals surface area contributed by atoms with Crippen LogP contribution in [0.4, 0.5) is 11.6 Å². The molecule has 0 unspecified atom stereocenters. The summed E-state index contributed by atoms with van der Waals surface area (Å²) in [5.41, 5.74) is 12.8. The van der Waals surface area contributed by atoms with Crippen LogP contribution in [-0.2, 0) is 0 Å². The first-order valence-electron chi connectivity index (χ1n) is 7.01. The molecular formula is C17H20N4. The van der Waals surface area contributed by atoms with Gasteiger partial charge in [-0.15, -0.1) is 0 Å². The maximum absolute atomic E-state index is 6.16. The molecule has 3 aromatic rings. The summed E-state index contributed by atoms with van der Waals surface area (Å²) in [5.74, 6) is 0.521. The molecule has 4 nitrogen and oxygen atoms in total. The molecule has 0 saturated heterocycles. The smallest absolute Gasteiger partial charge is 0.205 e. The van der Waals surface area contributed by atoms with Crippen LogP contribution in [0.1, 0.15) is 11.1 Å². The number of imidazole rings is 1. The van der Waals surface area contributed by atoms with E-state index in [4.69, 9.17) is 5.73 Å². The Morgan fingerprint density at radius 2 is 1.81 bits per heavy atom. The van der Waals surface area contributed by atoms with Crippen LogP contribution in [-0.4, -0.2) is 23.6 Å². The van der Waals surface area contributed by atoms with Gasteiger partial charge in [0.2, 0.25) is 5.95 Å². The van der Waals surface area contributed by atoms with Crippen LogP contribution in [0.25, 0.3) is 16.7 Å². The zero-order valence-electron chi connectivity index (χ0n) is 12.9. The Morgan fingerprint density at radius 1 is 1.05 bits per heavy atom. The minimum absolute atomic E-state index is 0.521. The summed E-state index contributed by atoms with van der Waals surface area (Å²) in [6, 6.07) is 12.5. The van der Waals surface area contributed by atoms with Gasteiger partial charge in [-0.25, -0.2) is 4.98 Å². The molecule has 2 aromatic carbocycles. The van der Waals surface area contributed by atoms with E-state index < -0.39 is 0 Å². The predicted molar refractivity (Wildman–Crippen MR) is 89.3 cm³/mol. The highest BCUT2D eigenvalue weighted by Crippen LogP contribution is 2.28. The standard InChI is InChI=1S/C17H20N4/c1-11-8-9-13(10-15(11)20(3)4)21-14-7-5-6-12(2)16(14)19-17(21)18/h5-10H,1-4H3,(H2,18,19). The van der Waals surface area contributed by atoms with Gasteiger partial charge in [-0.1, -0.05) is 18.2 Å². The highest BCUT2D eigenvalue weighted by Gasteiger charge is 2.12. The second-order valence-corrected chi connectivity index (χ2v) is 5.61. The zero-order chi connectivity index (χ0) is 15.1. The molecule has 0 amide bonds. The van der Waals surface area contributed by atoms with Gasteiger partial charge in [-0.2, -0.15) is 0 Å². The maximum Gasteiger partial charge on any atom is 0.205 e. The van der Waals surface area contributed by atoms with E-state index >= 15 is 0 Å². The Bertz CT molecular complexity index is 815. The van der Waals surface area contributed by atoms with Gasteiger partial charge in [-0.3, -0.25) is 4.57 Å². The zero-order valence-corrected chi connectivity index (χ0v) is 12.9. The second-order valence-electron chi connectivity index (χ2n) is 5.61. The van der Waals surface area contributed by atoms with Crippen LogP contribution in [0.2, 0.25) is 0 Å². The number of nitrogens with zero attached hydrogens (tertiary/aromatic N) is 3. The van der Waals surface area contributed by atoms with Crippen molar-refractivity contribution in [1.29, 1.82) is 0 Å². The van der Waals surface area contributed by atoms with E-state index in [9.17, 15) is 0 Å². The van der Waals surface area contributed by atoms with Gasteiger partial charge in [0.05, 0.1) is 16.7 Å². The molecule has 0 fully saturated rings. The number of anilines is 2. The molecule has 0 spiro atoms. The minimum Gasteiger partial charge on any atom is -0.377 e. The number of rotatable bonds is 2. The van der Waals surface area contributed by atoms with Gasteiger partial charge in [0, 0.05) is 19.8 Å². The fourth-order valence-electron chi connectivity index (χ4n) is 2.75. The number of para-hydroxylation sites is 1. The number of nitrogens with two attached hydrogens (primary N) is 1. The molecule has 0 aliphatic carbocycles. The predicted octanol–water partition coefficient (Wildman–Crippen LogP) is 3.29. The number of nitrogen functional groups attached to an aromatic ring is 1. The SMILES string of the molecule is Cc1ccc(-n2c(N)nc3c(C)cccc32)cc1N(C)C. The van der Waals surface area contributed by atoms with E-state index in [-0.39, 0.29) is 0 Å². The van der Waals surface area contributed by atoms with E-state index in [1.807, 2.05) is 24.7 Å². The summed E-state index contributed by atoms with van der Waals surface area (Å²) >= 11 is 0. The molecule has 108 valence electrons.